The number of hydrogen-bond donors (Lipinski definition) is 2. The number of rotatable bonds is 5. The molecular weight excluding hydrogens is 376 g/mol. The highest BCUT2D eigenvalue weighted by Gasteiger charge is 2.23. The summed E-state index contributed by atoms with van der Waals surface area (Å²) in [5, 5.41) is 17.3. The summed E-state index contributed by atoms with van der Waals surface area (Å²) in [5.74, 6) is 0.592. The van der Waals surface area contributed by atoms with Crippen molar-refractivity contribution in [3.8, 4) is 0 Å². The van der Waals surface area contributed by atoms with Crippen LogP contribution in [0.4, 0.5) is 28.8 Å². The maximum atomic E-state index is 11.5. The molecule has 0 saturated heterocycles. The third-order valence-corrected chi connectivity index (χ3v) is 3.73. The normalized spacial score (nSPS) is 10.2. The SMILES string of the molecule is O=[N+]([O-])c1c(Nc2ccccn2)ncnc1Nc1ccccc1Br. The zero-order valence-corrected chi connectivity index (χ0v) is 13.8. The molecule has 1 aromatic carbocycles. The highest BCUT2D eigenvalue weighted by molar-refractivity contribution is 9.10. The standard InChI is InChI=1S/C15H11BrN6O2/c16-10-5-1-2-6-11(10)20-14-13(22(23)24)15(19-9-18-14)21-12-7-3-4-8-17-12/h1-9H,(H2,17,18,19,20,21). The smallest absolute Gasteiger partial charge is 0.333 e. The van der Waals surface area contributed by atoms with Crippen molar-refractivity contribution in [2.24, 2.45) is 0 Å². The Bertz CT molecular complexity index is 875. The average Bonchev–Trinajstić information content (AvgIpc) is 2.58. The minimum Gasteiger partial charge on any atom is -0.333 e. The van der Waals surface area contributed by atoms with Crippen LogP contribution in [0.15, 0.2) is 59.5 Å². The summed E-state index contributed by atoms with van der Waals surface area (Å²) in [4.78, 5) is 23.0. The van der Waals surface area contributed by atoms with Crippen molar-refractivity contribution in [1.29, 1.82) is 0 Å². The molecule has 0 bridgehead atoms. The lowest BCUT2D eigenvalue weighted by molar-refractivity contribution is -0.383. The highest BCUT2D eigenvalue weighted by Crippen LogP contribution is 2.34. The molecule has 120 valence electrons. The number of anilines is 4. The van der Waals surface area contributed by atoms with Crippen molar-refractivity contribution in [2.75, 3.05) is 10.6 Å². The van der Waals surface area contributed by atoms with Crippen molar-refractivity contribution in [2.45, 2.75) is 0 Å². The topological polar surface area (TPSA) is 106 Å². The second kappa shape index (κ2) is 7.01. The van der Waals surface area contributed by atoms with Gasteiger partial charge in [-0.2, -0.15) is 0 Å². The predicted molar refractivity (Wildman–Crippen MR) is 93.6 cm³/mol. The summed E-state index contributed by atoms with van der Waals surface area (Å²) in [6.45, 7) is 0. The van der Waals surface area contributed by atoms with E-state index in [0.717, 1.165) is 4.47 Å². The Kier molecular flexibility index (Phi) is 4.62. The van der Waals surface area contributed by atoms with Crippen LogP contribution < -0.4 is 10.6 Å². The third-order valence-electron chi connectivity index (χ3n) is 3.04. The van der Waals surface area contributed by atoms with Crippen molar-refractivity contribution in [3.63, 3.8) is 0 Å². The van der Waals surface area contributed by atoms with Crippen molar-refractivity contribution in [3.05, 3.63) is 69.6 Å². The van der Waals surface area contributed by atoms with E-state index >= 15 is 0 Å². The largest absolute Gasteiger partial charge is 0.353 e. The molecule has 0 aliphatic heterocycles. The second-order valence-electron chi connectivity index (χ2n) is 4.62. The van der Waals surface area contributed by atoms with E-state index in [1.807, 2.05) is 18.2 Å². The molecular formula is C15H11BrN6O2. The van der Waals surface area contributed by atoms with Gasteiger partial charge in [-0.3, -0.25) is 10.1 Å². The Morgan fingerprint density at radius 3 is 2.33 bits per heavy atom. The van der Waals surface area contributed by atoms with E-state index in [9.17, 15) is 10.1 Å². The first-order valence-corrected chi connectivity index (χ1v) is 7.63. The van der Waals surface area contributed by atoms with Gasteiger partial charge in [-0.25, -0.2) is 15.0 Å². The molecule has 0 spiro atoms. The second-order valence-corrected chi connectivity index (χ2v) is 5.48. The van der Waals surface area contributed by atoms with Gasteiger partial charge in [0.1, 0.15) is 12.1 Å². The van der Waals surface area contributed by atoms with Gasteiger partial charge < -0.3 is 10.6 Å². The summed E-state index contributed by atoms with van der Waals surface area (Å²) >= 11 is 3.39. The molecule has 2 N–H and O–H groups in total. The Balaban J connectivity index is 1.99. The fourth-order valence-electron chi connectivity index (χ4n) is 1.98. The van der Waals surface area contributed by atoms with E-state index in [2.05, 4.69) is 41.5 Å². The van der Waals surface area contributed by atoms with Crippen LogP contribution in [0.25, 0.3) is 0 Å². The average molecular weight is 387 g/mol. The molecule has 2 heterocycles. The molecule has 0 fully saturated rings. The number of pyridine rings is 1. The number of aromatic nitrogens is 3. The van der Waals surface area contributed by atoms with Crippen LogP contribution in [0.1, 0.15) is 0 Å². The van der Waals surface area contributed by atoms with E-state index in [-0.39, 0.29) is 17.3 Å². The summed E-state index contributed by atoms with van der Waals surface area (Å²) in [6, 6.07) is 12.5. The van der Waals surface area contributed by atoms with Crippen LogP contribution in [0, 0.1) is 10.1 Å². The molecule has 0 saturated carbocycles. The number of benzene rings is 1. The van der Waals surface area contributed by atoms with Gasteiger partial charge in [0, 0.05) is 10.7 Å². The van der Waals surface area contributed by atoms with Gasteiger partial charge in [0.05, 0.1) is 10.6 Å². The minimum atomic E-state index is -0.537. The number of nitro groups is 1. The third kappa shape index (κ3) is 3.46. The van der Waals surface area contributed by atoms with Crippen molar-refractivity contribution < 1.29 is 4.92 Å². The Morgan fingerprint density at radius 1 is 0.958 bits per heavy atom. The first-order chi connectivity index (χ1) is 11.6. The molecule has 0 atom stereocenters. The summed E-state index contributed by atoms with van der Waals surface area (Å²) in [5.41, 5.74) is 0.391. The number of halogens is 1. The van der Waals surface area contributed by atoms with E-state index < -0.39 is 4.92 Å². The minimum absolute atomic E-state index is 0.0586. The Hall–Kier alpha value is -3.07. The Labute approximate surface area is 145 Å². The molecule has 8 nitrogen and oxygen atoms in total. The van der Waals surface area contributed by atoms with E-state index in [0.29, 0.717) is 11.5 Å². The predicted octanol–water partition coefficient (Wildman–Crippen LogP) is 4.03. The molecule has 0 aliphatic rings. The fraction of sp³-hybridized carbons (Fsp3) is 0. The van der Waals surface area contributed by atoms with Gasteiger partial charge in [-0.15, -0.1) is 0 Å². The first-order valence-electron chi connectivity index (χ1n) is 6.84. The Morgan fingerprint density at radius 2 is 1.67 bits per heavy atom. The van der Waals surface area contributed by atoms with Crippen molar-refractivity contribution in [1.82, 2.24) is 15.0 Å². The quantitative estimate of drug-likeness (QED) is 0.503. The summed E-state index contributed by atoms with van der Waals surface area (Å²) in [6.07, 6.45) is 2.83. The van der Waals surface area contributed by atoms with E-state index in [1.54, 1.807) is 30.5 Å². The highest BCUT2D eigenvalue weighted by atomic mass is 79.9. The molecule has 3 aromatic rings. The fourth-order valence-corrected chi connectivity index (χ4v) is 2.37. The van der Waals surface area contributed by atoms with Crippen LogP contribution in [-0.4, -0.2) is 19.9 Å². The maximum absolute atomic E-state index is 11.5. The number of nitrogens with zero attached hydrogens (tertiary/aromatic N) is 4. The van der Waals surface area contributed by atoms with Gasteiger partial charge >= 0.3 is 5.69 Å². The molecule has 24 heavy (non-hydrogen) atoms. The van der Waals surface area contributed by atoms with Crippen LogP contribution in [0.5, 0.6) is 0 Å². The van der Waals surface area contributed by atoms with E-state index in [1.165, 1.54) is 6.33 Å². The molecule has 0 unspecified atom stereocenters. The lowest BCUT2D eigenvalue weighted by atomic mass is 10.3. The lowest BCUT2D eigenvalue weighted by Crippen LogP contribution is -2.06. The van der Waals surface area contributed by atoms with Crippen LogP contribution >= 0.6 is 15.9 Å². The van der Waals surface area contributed by atoms with Gasteiger partial charge in [-0.05, 0) is 40.2 Å². The molecule has 0 radical (unpaired) electrons. The van der Waals surface area contributed by atoms with Crippen LogP contribution in [0.2, 0.25) is 0 Å². The molecule has 0 aliphatic carbocycles. The number of hydrogen-bond acceptors (Lipinski definition) is 7. The zero-order chi connectivity index (χ0) is 16.9. The van der Waals surface area contributed by atoms with Crippen LogP contribution in [0.3, 0.4) is 0 Å². The van der Waals surface area contributed by atoms with Gasteiger partial charge in [-0.1, -0.05) is 18.2 Å². The number of nitrogens with one attached hydrogen (secondary N) is 2. The first kappa shape index (κ1) is 15.8. The maximum Gasteiger partial charge on any atom is 0.353 e. The molecule has 0 amide bonds. The molecule has 2 aromatic heterocycles. The molecule has 3 rings (SSSR count). The van der Waals surface area contributed by atoms with Gasteiger partial charge in [0.25, 0.3) is 0 Å². The van der Waals surface area contributed by atoms with Crippen molar-refractivity contribution >= 4 is 44.8 Å². The van der Waals surface area contributed by atoms with Gasteiger partial charge in [0.15, 0.2) is 0 Å². The summed E-state index contributed by atoms with van der Waals surface area (Å²) < 4.78 is 0.761. The van der Waals surface area contributed by atoms with Gasteiger partial charge in [0.2, 0.25) is 11.6 Å². The van der Waals surface area contributed by atoms with Crippen LogP contribution in [-0.2, 0) is 0 Å². The zero-order valence-electron chi connectivity index (χ0n) is 12.2. The number of para-hydroxylation sites is 1. The monoisotopic (exact) mass is 386 g/mol. The molecule has 9 heteroatoms. The van der Waals surface area contributed by atoms with E-state index in [4.69, 9.17) is 0 Å². The summed E-state index contributed by atoms with van der Waals surface area (Å²) in [7, 11) is 0. The lowest BCUT2D eigenvalue weighted by Gasteiger charge is -2.10.